The lowest BCUT2D eigenvalue weighted by atomic mass is 10.1. The molecule has 0 aliphatic carbocycles. The van der Waals surface area contributed by atoms with Gasteiger partial charge in [-0.3, -0.25) is 4.79 Å². The lowest BCUT2D eigenvalue weighted by molar-refractivity contribution is 0.0938. The number of hydrogen-bond donors (Lipinski definition) is 1. The molecule has 1 atom stereocenters. The maximum absolute atomic E-state index is 12.3. The number of benzene rings is 1. The van der Waals surface area contributed by atoms with E-state index in [-0.39, 0.29) is 11.9 Å². The van der Waals surface area contributed by atoms with Gasteiger partial charge in [-0.1, -0.05) is 6.07 Å². The summed E-state index contributed by atoms with van der Waals surface area (Å²) in [5.41, 5.74) is 1.54. The van der Waals surface area contributed by atoms with Crippen LogP contribution in [0.5, 0.6) is 11.5 Å². The van der Waals surface area contributed by atoms with E-state index in [1.165, 1.54) is 0 Å². The normalized spacial score (nSPS) is 14.5. The number of rotatable bonds is 3. The molecule has 1 unspecified atom stereocenters. The van der Waals surface area contributed by atoms with Crippen LogP contribution in [-0.4, -0.2) is 19.1 Å². The zero-order valence-corrected chi connectivity index (χ0v) is 12.9. The molecule has 0 radical (unpaired) electrons. The minimum atomic E-state index is -0.142. The van der Waals surface area contributed by atoms with E-state index in [1.54, 1.807) is 13.0 Å². The topological polar surface area (TPSA) is 60.7 Å². The fraction of sp³-hybridized carbons (Fsp3) is 0.353. The minimum absolute atomic E-state index is 0.141. The summed E-state index contributed by atoms with van der Waals surface area (Å²) >= 11 is 0. The van der Waals surface area contributed by atoms with E-state index in [9.17, 15) is 4.79 Å². The molecule has 1 amide bonds. The van der Waals surface area contributed by atoms with E-state index in [1.807, 2.05) is 32.0 Å². The molecule has 0 spiro atoms. The standard InChI is InChI=1S/C17H19NO4/c1-10-8-14(12(3)22-10)17(19)18-11(2)13-4-5-15-16(9-13)21-7-6-20-15/h4-5,8-9,11H,6-7H2,1-3H3,(H,18,19). The Hall–Kier alpha value is -2.43. The van der Waals surface area contributed by atoms with Crippen molar-refractivity contribution in [1.29, 1.82) is 0 Å². The van der Waals surface area contributed by atoms with Crippen molar-refractivity contribution < 1.29 is 18.7 Å². The van der Waals surface area contributed by atoms with Crippen LogP contribution in [0, 0.1) is 13.8 Å². The number of furan rings is 1. The largest absolute Gasteiger partial charge is 0.486 e. The summed E-state index contributed by atoms with van der Waals surface area (Å²) in [4.78, 5) is 12.3. The van der Waals surface area contributed by atoms with Crippen LogP contribution >= 0.6 is 0 Å². The van der Waals surface area contributed by atoms with Gasteiger partial charge in [0.1, 0.15) is 24.7 Å². The van der Waals surface area contributed by atoms with Crippen LogP contribution < -0.4 is 14.8 Å². The van der Waals surface area contributed by atoms with E-state index >= 15 is 0 Å². The van der Waals surface area contributed by atoms with Gasteiger partial charge in [0.15, 0.2) is 11.5 Å². The molecular weight excluding hydrogens is 282 g/mol. The Labute approximate surface area is 129 Å². The first-order valence-corrected chi connectivity index (χ1v) is 7.32. The summed E-state index contributed by atoms with van der Waals surface area (Å²) in [6.45, 7) is 6.67. The Morgan fingerprint density at radius 3 is 2.55 bits per heavy atom. The van der Waals surface area contributed by atoms with Gasteiger partial charge in [-0.15, -0.1) is 0 Å². The zero-order valence-electron chi connectivity index (χ0n) is 12.9. The molecule has 5 nitrogen and oxygen atoms in total. The average molecular weight is 301 g/mol. The van der Waals surface area contributed by atoms with Gasteiger partial charge in [-0.2, -0.15) is 0 Å². The first-order valence-electron chi connectivity index (χ1n) is 7.32. The molecule has 22 heavy (non-hydrogen) atoms. The van der Waals surface area contributed by atoms with Crippen molar-refractivity contribution in [1.82, 2.24) is 5.32 Å². The molecule has 1 aliphatic rings. The molecule has 1 aliphatic heterocycles. The Kier molecular flexibility index (Phi) is 3.79. The molecule has 116 valence electrons. The van der Waals surface area contributed by atoms with Gasteiger partial charge in [-0.25, -0.2) is 0 Å². The highest BCUT2D eigenvalue weighted by molar-refractivity contribution is 5.95. The van der Waals surface area contributed by atoms with Crippen LogP contribution in [0.4, 0.5) is 0 Å². The Bertz CT molecular complexity index is 705. The number of carbonyl (C=O) groups is 1. The molecule has 1 aromatic carbocycles. The van der Waals surface area contributed by atoms with Gasteiger partial charge < -0.3 is 19.2 Å². The molecule has 5 heteroatoms. The summed E-state index contributed by atoms with van der Waals surface area (Å²) < 4.78 is 16.5. The molecular formula is C17H19NO4. The quantitative estimate of drug-likeness (QED) is 0.946. The number of ether oxygens (including phenoxy) is 2. The van der Waals surface area contributed by atoms with Crippen LogP contribution in [0.2, 0.25) is 0 Å². The molecule has 0 saturated heterocycles. The number of aryl methyl sites for hydroxylation is 2. The first-order chi connectivity index (χ1) is 10.5. The van der Waals surface area contributed by atoms with Gasteiger partial charge in [0, 0.05) is 0 Å². The maximum atomic E-state index is 12.3. The van der Waals surface area contributed by atoms with Crippen LogP contribution in [0.25, 0.3) is 0 Å². The number of nitrogens with one attached hydrogen (secondary N) is 1. The molecule has 3 rings (SSSR count). The third-order valence-corrected chi connectivity index (χ3v) is 3.70. The summed E-state index contributed by atoms with van der Waals surface area (Å²) in [5, 5.41) is 2.98. The van der Waals surface area contributed by atoms with Gasteiger partial charge >= 0.3 is 0 Å². The highest BCUT2D eigenvalue weighted by Crippen LogP contribution is 2.32. The second-order valence-corrected chi connectivity index (χ2v) is 5.43. The summed E-state index contributed by atoms with van der Waals surface area (Å²) in [5.74, 6) is 2.69. The maximum Gasteiger partial charge on any atom is 0.255 e. The predicted octanol–water partition coefficient (Wildman–Crippen LogP) is 3.16. The van der Waals surface area contributed by atoms with Gasteiger partial charge in [0.05, 0.1) is 11.6 Å². The zero-order chi connectivity index (χ0) is 15.7. The Balaban J connectivity index is 1.75. The second-order valence-electron chi connectivity index (χ2n) is 5.43. The summed E-state index contributed by atoms with van der Waals surface area (Å²) in [6.07, 6.45) is 0. The van der Waals surface area contributed by atoms with Crippen molar-refractivity contribution in [2.45, 2.75) is 26.8 Å². The van der Waals surface area contributed by atoms with Crippen LogP contribution in [0.15, 0.2) is 28.7 Å². The predicted molar refractivity (Wildman–Crippen MR) is 81.5 cm³/mol. The van der Waals surface area contributed by atoms with Crippen LogP contribution in [0.1, 0.15) is 40.4 Å². The molecule has 1 aromatic heterocycles. The third kappa shape index (κ3) is 2.79. The lowest BCUT2D eigenvalue weighted by Crippen LogP contribution is -2.27. The fourth-order valence-corrected chi connectivity index (χ4v) is 2.54. The van der Waals surface area contributed by atoms with E-state index in [4.69, 9.17) is 13.9 Å². The monoisotopic (exact) mass is 301 g/mol. The van der Waals surface area contributed by atoms with Gasteiger partial charge in [0.2, 0.25) is 0 Å². The van der Waals surface area contributed by atoms with E-state index in [0.29, 0.717) is 24.5 Å². The number of carbonyl (C=O) groups excluding carboxylic acids is 1. The van der Waals surface area contributed by atoms with Crippen molar-refractivity contribution in [2.75, 3.05) is 13.2 Å². The van der Waals surface area contributed by atoms with Crippen molar-refractivity contribution in [3.05, 3.63) is 46.9 Å². The fourth-order valence-electron chi connectivity index (χ4n) is 2.54. The average Bonchev–Trinajstić information content (AvgIpc) is 2.85. The third-order valence-electron chi connectivity index (χ3n) is 3.70. The van der Waals surface area contributed by atoms with Crippen molar-refractivity contribution in [3.63, 3.8) is 0 Å². The minimum Gasteiger partial charge on any atom is -0.486 e. The smallest absolute Gasteiger partial charge is 0.255 e. The molecule has 0 saturated carbocycles. The molecule has 2 aromatic rings. The van der Waals surface area contributed by atoms with Gasteiger partial charge in [0.25, 0.3) is 5.91 Å². The first kappa shape index (κ1) is 14.5. The molecule has 0 fully saturated rings. The lowest BCUT2D eigenvalue weighted by Gasteiger charge is -2.21. The van der Waals surface area contributed by atoms with E-state index in [2.05, 4.69) is 5.32 Å². The van der Waals surface area contributed by atoms with Crippen molar-refractivity contribution >= 4 is 5.91 Å². The van der Waals surface area contributed by atoms with Gasteiger partial charge in [-0.05, 0) is 44.5 Å². The summed E-state index contributed by atoms with van der Waals surface area (Å²) in [6, 6.07) is 7.33. The number of hydrogen-bond acceptors (Lipinski definition) is 4. The Morgan fingerprint density at radius 1 is 1.14 bits per heavy atom. The van der Waals surface area contributed by atoms with Crippen molar-refractivity contribution in [2.24, 2.45) is 0 Å². The highest BCUT2D eigenvalue weighted by atomic mass is 16.6. The molecule has 1 N–H and O–H groups in total. The summed E-state index contributed by atoms with van der Waals surface area (Å²) in [7, 11) is 0. The van der Waals surface area contributed by atoms with Crippen LogP contribution in [-0.2, 0) is 0 Å². The van der Waals surface area contributed by atoms with Crippen molar-refractivity contribution in [3.8, 4) is 11.5 Å². The SMILES string of the molecule is Cc1cc(C(=O)NC(C)c2ccc3c(c2)OCCO3)c(C)o1. The second kappa shape index (κ2) is 5.75. The van der Waals surface area contributed by atoms with Crippen LogP contribution in [0.3, 0.4) is 0 Å². The van der Waals surface area contributed by atoms with E-state index in [0.717, 1.165) is 22.8 Å². The van der Waals surface area contributed by atoms with E-state index < -0.39 is 0 Å². The highest BCUT2D eigenvalue weighted by Gasteiger charge is 2.18. The Morgan fingerprint density at radius 2 is 1.86 bits per heavy atom. The number of amides is 1. The molecule has 0 bridgehead atoms. The molecule has 2 heterocycles. The number of fused-ring (bicyclic) bond motifs is 1.